The van der Waals surface area contributed by atoms with Crippen LogP contribution < -0.4 is 0 Å². The molecule has 7 heteroatoms. The van der Waals surface area contributed by atoms with Crippen molar-refractivity contribution in [3.05, 3.63) is 58.7 Å². The van der Waals surface area contributed by atoms with E-state index in [4.69, 9.17) is 0 Å². The van der Waals surface area contributed by atoms with Crippen LogP contribution in [0.3, 0.4) is 0 Å². The summed E-state index contributed by atoms with van der Waals surface area (Å²) in [6.45, 7) is 0.818. The van der Waals surface area contributed by atoms with Crippen LogP contribution in [0.2, 0.25) is 0 Å². The van der Waals surface area contributed by atoms with Gasteiger partial charge >= 0.3 is 0 Å². The van der Waals surface area contributed by atoms with Gasteiger partial charge in [-0.2, -0.15) is 11.3 Å². The molecule has 0 aliphatic carbocycles. The van der Waals surface area contributed by atoms with Gasteiger partial charge < -0.3 is 9.88 Å². The van der Waals surface area contributed by atoms with Crippen LogP contribution in [0.15, 0.2) is 52.4 Å². The Labute approximate surface area is 159 Å². The lowest BCUT2D eigenvalue weighted by molar-refractivity contribution is -0.129. The minimum atomic E-state index is -0.265. The largest absolute Gasteiger partial charge is 0.335 e. The van der Waals surface area contributed by atoms with Crippen LogP contribution in [0.5, 0.6) is 0 Å². The average Bonchev–Trinajstić information content (AvgIpc) is 3.40. The van der Waals surface area contributed by atoms with Gasteiger partial charge in [0.05, 0.1) is 23.7 Å². The molecular formula is C19H18FN3OS2. The number of nitrogens with one attached hydrogen (secondary N) is 1. The highest BCUT2D eigenvalue weighted by atomic mass is 32.2. The average molecular weight is 388 g/mol. The fourth-order valence-electron chi connectivity index (χ4n) is 3.24. The highest BCUT2D eigenvalue weighted by molar-refractivity contribution is 7.99. The predicted octanol–water partition coefficient (Wildman–Crippen LogP) is 4.73. The van der Waals surface area contributed by atoms with Crippen molar-refractivity contribution in [1.29, 1.82) is 0 Å². The third-order valence-corrected chi connectivity index (χ3v) is 6.11. The first kappa shape index (κ1) is 17.3. The molecule has 4 nitrogen and oxygen atoms in total. The van der Waals surface area contributed by atoms with Crippen LogP contribution in [0.4, 0.5) is 4.39 Å². The lowest BCUT2D eigenvalue weighted by Gasteiger charge is -2.24. The molecule has 1 N–H and O–H groups in total. The van der Waals surface area contributed by atoms with Gasteiger partial charge in [0.1, 0.15) is 5.82 Å². The predicted molar refractivity (Wildman–Crippen MR) is 103 cm³/mol. The summed E-state index contributed by atoms with van der Waals surface area (Å²) in [4.78, 5) is 22.2. The fourth-order valence-corrected chi connectivity index (χ4v) is 4.68. The molecule has 1 aliphatic rings. The number of imidazole rings is 1. The van der Waals surface area contributed by atoms with Crippen LogP contribution >= 0.6 is 23.1 Å². The Morgan fingerprint density at radius 1 is 1.35 bits per heavy atom. The molecule has 1 aromatic carbocycles. The Bertz CT molecular complexity index is 877. The van der Waals surface area contributed by atoms with Gasteiger partial charge in [0.2, 0.25) is 5.91 Å². The highest BCUT2D eigenvalue weighted by Gasteiger charge is 2.30. The molecule has 0 spiro atoms. The SMILES string of the molecule is O=C(CSc1ncc(-c2ccc(F)cc2)[nH]1)N1CCC[C@@H]1c1ccsc1. The van der Waals surface area contributed by atoms with Crippen LogP contribution in [0.1, 0.15) is 24.4 Å². The monoisotopic (exact) mass is 387 g/mol. The second-order valence-corrected chi connectivity index (χ2v) is 7.94. The zero-order valence-electron chi connectivity index (χ0n) is 14.0. The molecule has 1 amide bonds. The number of rotatable bonds is 5. The standard InChI is InChI=1S/C19H18FN3OS2/c20-15-5-3-13(4-6-15)16-10-21-19(22-16)26-12-18(24)23-8-1-2-17(23)14-7-9-25-11-14/h3-7,9-11,17H,1-2,8,12H2,(H,21,22)/t17-/m1/s1. The topological polar surface area (TPSA) is 49.0 Å². The quantitative estimate of drug-likeness (QED) is 0.644. The van der Waals surface area contributed by atoms with Crippen LogP contribution in [0, 0.1) is 5.82 Å². The van der Waals surface area contributed by atoms with Gasteiger partial charge in [0.15, 0.2) is 5.16 Å². The van der Waals surface area contributed by atoms with Gasteiger partial charge in [-0.3, -0.25) is 4.79 Å². The lowest BCUT2D eigenvalue weighted by atomic mass is 10.1. The summed E-state index contributed by atoms with van der Waals surface area (Å²) >= 11 is 3.07. The summed E-state index contributed by atoms with van der Waals surface area (Å²) in [5.74, 6) is 0.236. The molecule has 3 aromatic rings. The Hall–Kier alpha value is -2.12. The maximum atomic E-state index is 13.0. The number of H-pyrrole nitrogens is 1. The van der Waals surface area contributed by atoms with Crippen molar-refractivity contribution in [1.82, 2.24) is 14.9 Å². The number of hydrogen-bond acceptors (Lipinski definition) is 4. The Morgan fingerprint density at radius 2 is 2.19 bits per heavy atom. The first-order valence-electron chi connectivity index (χ1n) is 8.46. The maximum Gasteiger partial charge on any atom is 0.233 e. The molecule has 1 fully saturated rings. The van der Waals surface area contributed by atoms with E-state index in [0.717, 1.165) is 30.6 Å². The molecule has 0 unspecified atom stereocenters. The van der Waals surface area contributed by atoms with E-state index >= 15 is 0 Å². The van der Waals surface area contributed by atoms with Crippen LogP contribution in [-0.4, -0.2) is 33.1 Å². The minimum Gasteiger partial charge on any atom is -0.335 e. The van der Waals surface area contributed by atoms with E-state index in [9.17, 15) is 9.18 Å². The molecule has 134 valence electrons. The minimum absolute atomic E-state index is 0.142. The lowest BCUT2D eigenvalue weighted by Crippen LogP contribution is -2.31. The van der Waals surface area contributed by atoms with Gasteiger partial charge in [-0.25, -0.2) is 9.37 Å². The molecule has 26 heavy (non-hydrogen) atoms. The maximum absolute atomic E-state index is 13.0. The summed E-state index contributed by atoms with van der Waals surface area (Å²) in [6, 6.07) is 8.57. The number of thiophene rings is 1. The molecule has 3 heterocycles. The van der Waals surface area contributed by atoms with Gasteiger partial charge in [-0.1, -0.05) is 11.8 Å². The van der Waals surface area contributed by atoms with E-state index in [1.807, 2.05) is 4.90 Å². The second-order valence-electron chi connectivity index (χ2n) is 6.20. The summed E-state index contributed by atoms with van der Waals surface area (Å²) in [6.07, 6.45) is 3.79. The zero-order valence-corrected chi connectivity index (χ0v) is 15.7. The molecule has 2 aromatic heterocycles. The number of nitrogens with zero attached hydrogens (tertiary/aromatic N) is 2. The van der Waals surface area contributed by atoms with Crippen molar-refractivity contribution in [3.63, 3.8) is 0 Å². The summed E-state index contributed by atoms with van der Waals surface area (Å²) in [5, 5.41) is 4.89. The fraction of sp³-hybridized carbons (Fsp3) is 0.263. The summed E-state index contributed by atoms with van der Waals surface area (Å²) in [5.41, 5.74) is 2.92. The first-order valence-corrected chi connectivity index (χ1v) is 10.4. The van der Waals surface area contributed by atoms with Gasteiger partial charge in [0.25, 0.3) is 0 Å². The van der Waals surface area contributed by atoms with Crippen LogP contribution in [0.25, 0.3) is 11.3 Å². The van der Waals surface area contributed by atoms with Crippen LogP contribution in [-0.2, 0) is 4.79 Å². The molecule has 0 bridgehead atoms. The third-order valence-electron chi connectivity index (χ3n) is 4.54. The Kier molecular flexibility index (Phi) is 5.08. The molecular weight excluding hydrogens is 369 g/mol. The first-order chi connectivity index (χ1) is 12.7. The van der Waals surface area contributed by atoms with E-state index in [1.165, 1.54) is 29.5 Å². The third kappa shape index (κ3) is 3.68. The number of thioether (sulfide) groups is 1. The van der Waals surface area contributed by atoms with E-state index in [-0.39, 0.29) is 17.8 Å². The number of hydrogen-bond donors (Lipinski definition) is 1. The van der Waals surface area contributed by atoms with Crippen molar-refractivity contribution in [2.45, 2.75) is 24.0 Å². The number of carbonyl (C=O) groups is 1. The summed E-state index contributed by atoms with van der Waals surface area (Å²) < 4.78 is 13.0. The molecule has 0 saturated carbocycles. The van der Waals surface area contributed by atoms with Crippen molar-refractivity contribution >= 4 is 29.0 Å². The molecule has 1 saturated heterocycles. The number of aromatic nitrogens is 2. The van der Waals surface area contributed by atoms with Crippen molar-refractivity contribution in [2.75, 3.05) is 12.3 Å². The summed E-state index contributed by atoms with van der Waals surface area (Å²) in [7, 11) is 0. The van der Waals surface area contributed by atoms with E-state index < -0.39 is 0 Å². The number of carbonyl (C=O) groups excluding carboxylic acids is 1. The molecule has 0 radical (unpaired) electrons. The number of halogens is 1. The van der Waals surface area contributed by atoms with Gasteiger partial charge in [0, 0.05) is 6.54 Å². The number of likely N-dealkylation sites (tertiary alicyclic amines) is 1. The van der Waals surface area contributed by atoms with E-state index in [1.54, 1.807) is 29.7 Å². The smallest absolute Gasteiger partial charge is 0.233 e. The Morgan fingerprint density at radius 3 is 2.96 bits per heavy atom. The van der Waals surface area contributed by atoms with E-state index in [2.05, 4.69) is 26.8 Å². The molecule has 4 rings (SSSR count). The Balaban J connectivity index is 1.38. The zero-order chi connectivity index (χ0) is 17.9. The molecule has 1 atom stereocenters. The van der Waals surface area contributed by atoms with Crippen molar-refractivity contribution < 1.29 is 9.18 Å². The van der Waals surface area contributed by atoms with Gasteiger partial charge in [-0.15, -0.1) is 0 Å². The van der Waals surface area contributed by atoms with Crippen molar-refractivity contribution in [3.8, 4) is 11.3 Å². The highest BCUT2D eigenvalue weighted by Crippen LogP contribution is 2.33. The van der Waals surface area contributed by atoms with E-state index in [0.29, 0.717) is 10.9 Å². The second kappa shape index (κ2) is 7.63. The number of amides is 1. The number of aromatic amines is 1. The normalized spacial score (nSPS) is 17.0. The van der Waals surface area contributed by atoms with Gasteiger partial charge in [-0.05, 0) is 65.1 Å². The number of benzene rings is 1. The van der Waals surface area contributed by atoms with Crippen molar-refractivity contribution in [2.24, 2.45) is 0 Å². The molecule has 1 aliphatic heterocycles.